The summed E-state index contributed by atoms with van der Waals surface area (Å²) < 4.78 is 59.9. The van der Waals surface area contributed by atoms with Gasteiger partial charge in [0.25, 0.3) is 0 Å². The van der Waals surface area contributed by atoms with Gasteiger partial charge in [0.1, 0.15) is 0 Å². The second-order valence-corrected chi connectivity index (χ2v) is 8.75. The van der Waals surface area contributed by atoms with Crippen molar-refractivity contribution < 1.29 is 52.1 Å². The molecule has 0 aliphatic carbocycles. The topological polar surface area (TPSA) is 102 Å². The Morgan fingerprint density at radius 2 is 0.538 bits per heavy atom. The largest absolute Gasteiger partial charge is 0.379 e. The van der Waals surface area contributed by atoms with Crippen LogP contribution in [0.5, 0.6) is 0 Å². The maximum Gasteiger partial charge on any atom is 0.0703 e. The average molecular weight is 571 g/mol. The zero-order chi connectivity index (χ0) is 28.3. The molecule has 0 aromatic carbocycles. The number of hydrogen-bond donors (Lipinski definition) is 0. The first kappa shape index (κ1) is 38.6. The molecule has 0 aromatic rings. The fourth-order valence-electron chi connectivity index (χ4n) is 2.88. The highest BCUT2D eigenvalue weighted by atomic mass is 16.6. The SMILES string of the molecule is CCCCCOCCOCCOCCOCCOCCOCCOCCOCCOCCOCCOC(C)C. The molecule has 0 aromatic heterocycles. The van der Waals surface area contributed by atoms with E-state index in [4.69, 9.17) is 52.1 Å². The molecule has 0 amide bonds. The standard InChI is InChI=1S/C28H58O11/c1-4-5-6-7-29-8-9-30-10-11-31-12-13-32-14-15-33-16-17-34-18-19-35-20-21-36-22-23-37-24-25-38-26-27-39-28(2)3/h28H,4-27H2,1-3H3. The fraction of sp³-hybridized carbons (Fsp3) is 1.00. The van der Waals surface area contributed by atoms with Crippen molar-refractivity contribution in [2.45, 2.75) is 46.1 Å². The zero-order valence-corrected chi connectivity index (χ0v) is 25.0. The van der Waals surface area contributed by atoms with Crippen molar-refractivity contribution in [1.29, 1.82) is 0 Å². The minimum Gasteiger partial charge on any atom is -0.379 e. The Hall–Kier alpha value is -0.440. The van der Waals surface area contributed by atoms with Crippen LogP contribution in [-0.2, 0) is 52.1 Å². The summed E-state index contributed by atoms with van der Waals surface area (Å²) in [5, 5.41) is 0. The number of unbranched alkanes of at least 4 members (excludes halogenated alkanes) is 2. The molecule has 11 heteroatoms. The number of rotatable bonds is 35. The van der Waals surface area contributed by atoms with Gasteiger partial charge in [0.2, 0.25) is 0 Å². The van der Waals surface area contributed by atoms with E-state index in [0.29, 0.717) is 132 Å². The van der Waals surface area contributed by atoms with Crippen molar-refractivity contribution in [3.8, 4) is 0 Å². The number of hydrogen-bond acceptors (Lipinski definition) is 11. The van der Waals surface area contributed by atoms with Gasteiger partial charge in [0, 0.05) is 6.61 Å². The van der Waals surface area contributed by atoms with Gasteiger partial charge in [-0.1, -0.05) is 19.8 Å². The van der Waals surface area contributed by atoms with Crippen molar-refractivity contribution in [1.82, 2.24) is 0 Å². The van der Waals surface area contributed by atoms with Gasteiger partial charge in [0.05, 0.1) is 138 Å². The van der Waals surface area contributed by atoms with Gasteiger partial charge in [-0.05, 0) is 20.3 Å². The Balaban J connectivity index is 3.02. The second kappa shape index (κ2) is 35.6. The summed E-state index contributed by atoms with van der Waals surface area (Å²) in [6.07, 6.45) is 3.79. The van der Waals surface area contributed by atoms with E-state index in [0.717, 1.165) is 13.0 Å². The molecule has 0 atom stereocenters. The van der Waals surface area contributed by atoms with Gasteiger partial charge in [-0.2, -0.15) is 0 Å². The summed E-state index contributed by atoms with van der Waals surface area (Å²) in [6.45, 7) is 18.1. The lowest BCUT2D eigenvalue weighted by atomic mass is 10.3. The van der Waals surface area contributed by atoms with Crippen LogP contribution >= 0.6 is 0 Å². The molecule has 0 heterocycles. The summed E-state index contributed by atoms with van der Waals surface area (Å²) in [6, 6.07) is 0. The normalized spacial score (nSPS) is 11.7. The zero-order valence-electron chi connectivity index (χ0n) is 25.0. The van der Waals surface area contributed by atoms with Crippen LogP contribution in [0.1, 0.15) is 40.0 Å². The van der Waals surface area contributed by atoms with Crippen molar-refractivity contribution in [2.24, 2.45) is 0 Å². The van der Waals surface area contributed by atoms with Crippen molar-refractivity contribution >= 4 is 0 Å². The minimum absolute atomic E-state index is 0.236. The van der Waals surface area contributed by atoms with E-state index in [2.05, 4.69) is 6.92 Å². The van der Waals surface area contributed by atoms with Gasteiger partial charge in [-0.25, -0.2) is 0 Å². The lowest BCUT2D eigenvalue weighted by Gasteiger charge is -2.09. The Morgan fingerprint density at radius 1 is 0.308 bits per heavy atom. The van der Waals surface area contributed by atoms with Gasteiger partial charge >= 0.3 is 0 Å². The molecule has 11 nitrogen and oxygen atoms in total. The first-order chi connectivity index (χ1) is 19.3. The van der Waals surface area contributed by atoms with Gasteiger partial charge in [0.15, 0.2) is 0 Å². The van der Waals surface area contributed by atoms with Crippen LogP contribution in [0, 0.1) is 0 Å². The van der Waals surface area contributed by atoms with Crippen molar-refractivity contribution in [3.63, 3.8) is 0 Å². The highest BCUT2D eigenvalue weighted by Crippen LogP contribution is 1.94. The Labute approximate surface area is 237 Å². The van der Waals surface area contributed by atoms with E-state index >= 15 is 0 Å². The molecular weight excluding hydrogens is 512 g/mol. The molecule has 0 radical (unpaired) electrons. The van der Waals surface area contributed by atoms with E-state index in [1.807, 2.05) is 13.8 Å². The lowest BCUT2D eigenvalue weighted by Crippen LogP contribution is -2.15. The van der Waals surface area contributed by atoms with Gasteiger partial charge < -0.3 is 52.1 Å². The fourth-order valence-corrected chi connectivity index (χ4v) is 2.88. The maximum atomic E-state index is 5.48. The molecule has 0 saturated carbocycles. The van der Waals surface area contributed by atoms with Crippen LogP contribution in [0.2, 0.25) is 0 Å². The molecule has 0 N–H and O–H groups in total. The van der Waals surface area contributed by atoms with E-state index in [-0.39, 0.29) is 6.10 Å². The molecule has 0 bridgehead atoms. The molecule has 0 aliphatic rings. The number of ether oxygens (including phenoxy) is 11. The maximum absolute atomic E-state index is 5.48. The van der Waals surface area contributed by atoms with Crippen molar-refractivity contribution in [3.05, 3.63) is 0 Å². The van der Waals surface area contributed by atoms with Crippen LogP contribution in [0.25, 0.3) is 0 Å². The third kappa shape index (κ3) is 37.6. The molecule has 236 valence electrons. The van der Waals surface area contributed by atoms with Crippen LogP contribution < -0.4 is 0 Å². The predicted octanol–water partition coefficient (Wildman–Crippen LogP) is 2.77. The van der Waals surface area contributed by atoms with E-state index in [1.54, 1.807) is 0 Å². The summed E-state index contributed by atoms with van der Waals surface area (Å²) >= 11 is 0. The van der Waals surface area contributed by atoms with Crippen LogP contribution in [0.15, 0.2) is 0 Å². The first-order valence-corrected chi connectivity index (χ1v) is 14.7. The monoisotopic (exact) mass is 570 g/mol. The molecule has 0 aliphatic heterocycles. The first-order valence-electron chi connectivity index (χ1n) is 14.7. The third-order valence-electron chi connectivity index (χ3n) is 4.92. The average Bonchev–Trinajstić information content (AvgIpc) is 2.93. The lowest BCUT2D eigenvalue weighted by molar-refractivity contribution is -0.0286. The summed E-state index contributed by atoms with van der Waals surface area (Å²) in [4.78, 5) is 0. The highest BCUT2D eigenvalue weighted by Gasteiger charge is 1.97. The van der Waals surface area contributed by atoms with Crippen LogP contribution in [-0.4, -0.2) is 145 Å². The summed E-state index contributed by atoms with van der Waals surface area (Å²) in [5.41, 5.74) is 0. The van der Waals surface area contributed by atoms with Gasteiger partial charge in [-0.15, -0.1) is 0 Å². The smallest absolute Gasteiger partial charge is 0.0703 e. The molecule has 0 unspecified atom stereocenters. The molecule has 0 spiro atoms. The quantitative estimate of drug-likeness (QED) is 0.105. The predicted molar refractivity (Wildman–Crippen MR) is 149 cm³/mol. The third-order valence-corrected chi connectivity index (χ3v) is 4.92. The van der Waals surface area contributed by atoms with Gasteiger partial charge in [-0.3, -0.25) is 0 Å². The van der Waals surface area contributed by atoms with Crippen molar-refractivity contribution in [2.75, 3.05) is 139 Å². The summed E-state index contributed by atoms with van der Waals surface area (Å²) in [5.74, 6) is 0. The summed E-state index contributed by atoms with van der Waals surface area (Å²) in [7, 11) is 0. The minimum atomic E-state index is 0.236. The molecular formula is C28H58O11. The van der Waals surface area contributed by atoms with Crippen LogP contribution in [0.3, 0.4) is 0 Å². The second-order valence-electron chi connectivity index (χ2n) is 8.75. The van der Waals surface area contributed by atoms with Crippen LogP contribution in [0.4, 0.5) is 0 Å². The molecule has 0 fully saturated rings. The Morgan fingerprint density at radius 3 is 0.769 bits per heavy atom. The highest BCUT2D eigenvalue weighted by molar-refractivity contribution is 4.40. The molecule has 0 saturated heterocycles. The Kier molecular flexibility index (Phi) is 35.2. The van der Waals surface area contributed by atoms with E-state index < -0.39 is 0 Å². The van der Waals surface area contributed by atoms with E-state index in [1.165, 1.54) is 12.8 Å². The van der Waals surface area contributed by atoms with E-state index in [9.17, 15) is 0 Å². The molecule has 0 rings (SSSR count). The molecule has 39 heavy (non-hydrogen) atoms. The Bertz CT molecular complexity index is 430.